The maximum Gasteiger partial charge on any atom is 0.311 e. The van der Waals surface area contributed by atoms with Crippen LogP contribution in [0, 0.1) is 0 Å². The van der Waals surface area contributed by atoms with E-state index in [1.54, 1.807) is 12.1 Å². The first kappa shape index (κ1) is 20.1. The van der Waals surface area contributed by atoms with Gasteiger partial charge in [0.05, 0.1) is 6.61 Å². The Morgan fingerprint density at radius 1 is 0.926 bits per heavy atom. The van der Waals surface area contributed by atoms with E-state index in [1.165, 1.54) is 24.5 Å². The molecule has 0 saturated carbocycles. The molecule has 0 aromatic heterocycles. The average molecular weight is 388 g/mol. The van der Waals surface area contributed by atoms with Gasteiger partial charge in [0.1, 0.15) is 23.2 Å². The molecule has 0 bridgehead atoms. The van der Waals surface area contributed by atoms with Crippen molar-refractivity contribution < 1.29 is 17.7 Å². The van der Waals surface area contributed by atoms with Gasteiger partial charge >= 0.3 is 10.1 Å². The highest BCUT2D eigenvalue weighted by Crippen LogP contribution is 2.14. The van der Waals surface area contributed by atoms with Crippen LogP contribution in [0.25, 0.3) is 0 Å². The van der Waals surface area contributed by atoms with Gasteiger partial charge in [-0.3, -0.25) is 0 Å². The Bertz CT molecular complexity index is 937. The van der Waals surface area contributed by atoms with E-state index in [1.807, 2.05) is 30.3 Å². The highest BCUT2D eigenvalue weighted by Gasteiger charge is 2.11. The van der Waals surface area contributed by atoms with Crippen molar-refractivity contribution in [2.45, 2.75) is 0 Å². The third kappa shape index (κ3) is 6.57. The third-order valence-corrected chi connectivity index (χ3v) is 4.41. The molecule has 0 heterocycles. The largest absolute Gasteiger partial charge is 0.395 e. The monoisotopic (exact) mass is 388 g/mol. The lowest BCUT2D eigenvalue weighted by atomic mass is 10.2. The number of nitrogens with zero attached hydrogens (tertiary/aromatic N) is 2. The topological polar surface area (TPSA) is 140 Å². The number of hydrogen-bond acceptors (Lipinski definition) is 6. The minimum Gasteiger partial charge on any atom is -0.395 e. The molecule has 0 saturated heterocycles. The van der Waals surface area contributed by atoms with Crippen molar-refractivity contribution in [3.05, 3.63) is 78.1 Å². The highest BCUT2D eigenvalue weighted by atomic mass is 32.2. The van der Waals surface area contributed by atoms with Crippen LogP contribution in [0.3, 0.4) is 0 Å². The van der Waals surface area contributed by atoms with Crippen LogP contribution < -0.4 is 15.7 Å². The predicted molar refractivity (Wildman–Crippen MR) is 105 cm³/mol. The molecule has 0 aliphatic heterocycles. The molecule has 0 spiro atoms. The molecule has 0 aliphatic rings. The Morgan fingerprint density at radius 2 is 1.44 bits per heavy atom. The lowest BCUT2D eigenvalue weighted by molar-refractivity contribution is 0.315. The quantitative estimate of drug-likeness (QED) is 0.350. The standard InChI is InChI=1S/C18H20N4O4S/c19-17(14-4-2-1-3-5-14)21-10-11-22-18(20)15-6-8-16(9-7-15)26-27(24,25)13-12-23/h1-11,23H,12-13H2,(H2,19,21)(H2,20,22)/b11-10+. The number of rotatable bonds is 8. The van der Waals surface area contributed by atoms with Crippen LogP contribution in [-0.2, 0) is 10.1 Å². The molecule has 0 unspecified atom stereocenters. The summed E-state index contributed by atoms with van der Waals surface area (Å²) in [5, 5.41) is 8.68. The van der Waals surface area contributed by atoms with Gasteiger partial charge in [-0.05, 0) is 24.3 Å². The summed E-state index contributed by atoms with van der Waals surface area (Å²) < 4.78 is 27.8. The smallest absolute Gasteiger partial charge is 0.311 e. The van der Waals surface area contributed by atoms with E-state index < -0.39 is 22.5 Å². The summed E-state index contributed by atoms with van der Waals surface area (Å²) in [6, 6.07) is 15.3. The molecule has 0 amide bonds. The van der Waals surface area contributed by atoms with Gasteiger partial charge in [0.15, 0.2) is 0 Å². The van der Waals surface area contributed by atoms with E-state index in [0.29, 0.717) is 11.4 Å². The van der Waals surface area contributed by atoms with Crippen molar-refractivity contribution >= 4 is 21.8 Å². The van der Waals surface area contributed by atoms with Crippen LogP contribution in [0.2, 0.25) is 0 Å². The third-order valence-electron chi connectivity index (χ3n) is 3.28. The number of nitrogens with two attached hydrogens (primary N) is 2. The minimum absolute atomic E-state index is 0.121. The van der Waals surface area contributed by atoms with Gasteiger partial charge in [0, 0.05) is 23.5 Å². The van der Waals surface area contributed by atoms with E-state index in [0.717, 1.165) is 5.56 Å². The van der Waals surface area contributed by atoms with Gasteiger partial charge in [0.2, 0.25) is 0 Å². The number of benzene rings is 2. The summed E-state index contributed by atoms with van der Waals surface area (Å²) in [4.78, 5) is 8.13. The van der Waals surface area contributed by atoms with Crippen LogP contribution in [0.4, 0.5) is 0 Å². The van der Waals surface area contributed by atoms with Crippen LogP contribution in [0.5, 0.6) is 5.75 Å². The van der Waals surface area contributed by atoms with E-state index >= 15 is 0 Å². The first-order valence-corrected chi connectivity index (χ1v) is 9.49. The van der Waals surface area contributed by atoms with Gasteiger partial charge in [-0.15, -0.1) is 0 Å². The zero-order chi connectivity index (χ0) is 19.7. The van der Waals surface area contributed by atoms with Crippen LogP contribution in [0.1, 0.15) is 11.1 Å². The molecule has 5 N–H and O–H groups in total. The average Bonchev–Trinajstić information content (AvgIpc) is 2.65. The second-order valence-corrected chi connectivity index (χ2v) is 6.98. The van der Waals surface area contributed by atoms with Gasteiger partial charge in [-0.25, -0.2) is 9.98 Å². The highest BCUT2D eigenvalue weighted by molar-refractivity contribution is 7.87. The SMILES string of the molecule is NC(=N/C=C/N=C(N)c1ccc(OS(=O)(=O)CCO)cc1)c1ccccc1. The normalized spacial score (nSPS) is 13.1. The Kier molecular flexibility index (Phi) is 7.09. The molecule has 2 aromatic rings. The van der Waals surface area contributed by atoms with Gasteiger partial charge in [0.25, 0.3) is 0 Å². The Hall–Kier alpha value is -3.17. The van der Waals surface area contributed by atoms with Gasteiger partial charge in [-0.2, -0.15) is 8.42 Å². The molecule has 2 rings (SSSR count). The molecule has 0 aliphatic carbocycles. The number of amidine groups is 2. The molecule has 2 aromatic carbocycles. The van der Waals surface area contributed by atoms with Crippen molar-refractivity contribution in [3.8, 4) is 5.75 Å². The molecular weight excluding hydrogens is 368 g/mol. The van der Waals surface area contributed by atoms with Crippen molar-refractivity contribution in [1.29, 1.82) is 0 Å². The van der Waals surface area contributed by atoms with Crippen molar-refractivity contribution in [3.63, 3.8) is 0 Å². The summed E-state index contributed by atoms with van der Waals surface area (Å²) in [5.41, 5.74) is 13.1. The molecular formula is C18H20N4O4S. The van der Waals surface area contributed by atoms with Crippen molar-refractivity contribution in [2.75, 3.05) is 12.4 Å². The Labute approximate surface area is 157 Å². The van der Waals surface area contributed by atoms with Gasteiger partial charge < -0.3 is 20.8 Å². The van der Waals surface area contributed by atoms with E-state index in [9.17, 15) is 8.42 Å². The zero-order valence-electron chi connectivity index (χ0n) is 14.4. The predicted octanol–water partition coefficient (Wildman–Crippen LogP) is 0.970. The van der Waals surface area contributed by atoms with Crippen LogP contribution >= 0.6 is 0 Å². The fourth-order valence-electron chi connectivity index (χ4n) is 1.97. The fourth-order valence-corrected chi connectivity index (χ4v) is 2.68. The summed E-state index contributed by atoms with van der Waals surface area (Å²) in [7, 11) is -3.82. The van der Waals surface area contributed by atoms with E-state index in [4.69, 9.17) is 20.8 Å². The summed E-state index contributed by atoms with van der Waals surface area (Å²) in [6.07, 6.45) is 2.83. The fraction of sp³-hybridized carbons (Fsp3) is 0.111. The lowest BCUT2D eigenvalue weighted by Gasteiger charge is -2.06. The first-order chi connectivity index (χ1) is 12.9. The number of hydrogen-bond donors (Lipinski definition) is 3. The lowest BCUT2D eigenvalue weighted by Crippen LogP contribution is -2.16. The Balaban J connectivity index is 2.01. The first-order valence-electron chi connectivity index (χ1n) is 7.92. The summed E-state index contributed by atoms with van der Waals surface area (Å²) in [5.74, 6) is 0.210. The molecule has 0 fully saturated rings. The second-order valence-electron chi connectivity index (χ2n) is 5.29. The molecule has 0 atom stereocenters. The Morgan fingerprint density at radius 3 is 1.96 bits per heavy atom. The second kappa shape index (κ2) is 9.51. The van der Waals surface area contributed by atoms with Crippen LogP contribution in [0.15, 0.2) is 77.0 Å². The summed E-state index contributed by atoms with van der Waals surface area (Å²) in [6.45, 7) is -0.510. The molecule has 27 heavy (non-hydrogen) atoms. The number of aliphatic hydroxyl groups is 1. The maximum absolute atomic E-state index is 11.5. The molecule has 0 radical (unpaired) electrons. The van der Waals surface area contributed by atoms with Crippen molar-refractivity contribution in [1.82, 2.24) is 0 Å². The van der Waals surface area contributed by atoms with E-state index in [2.05, 4.69) is 9.98 Å². The van der Waals surface area contributed by atoms with Gasteiger partial charge in [-0.1, -0.05) is 30.3 Å². The maximum atomic E-state index is 11.5. The number of aliphatic imine (C=N–C) groups is 2. The van der Waals surface area contributed by atoms with E-state index in [-0.39, 0.29) is 11.6 Å². The molecule has 9 heteroatoms. The minimum atomic E-state index is -3.82. The van der Waals surface area contributed by atoms with Crippen molar-refractivity contribution in [2.24, 2.45) is 21.5 Å². The number of aliphatic hydroxyl groups excluding tert-OH is 1. The zero-order valence-corrected chi connectivity index (χ0v) is 15.2. The molecule has 142 valence electrons. The summed E-state index contributed by atoms with van der Waals surface area (Å²) >= 11 is 0. The van der Waals surface area contributed by atoms with Crippen LogP contribution in [-0.4, -0.2) is 37.6 Å². The molecule has 8 nitrogen and oxygen atoms in total.